The van der Waals surface area contributed by atoms with Crippen molar-refractivity contribution in [3.8, 4) is 17.1 Å². The Balaban J connectivity index is 1.61. The van der Waals surface area contributed by atoms with Gasteiger partial charge in [-0.05, 0) is 11.3 Å². The van der Waals surface area contributed by atoms with Crippen LogP contribution in [0.1, 0.15) is 5.56 Å². The Morgan fingerprint density at radius 1 is 1.22 bits per heavy atom. The molecule has 0 saturated carbocycles. The molecule has 11 nitrogen and oxygen atoms in total. The van der Waals surface area contributed by atoms with Gasteiger partial charge in [0.1, 0.15) is 6.54 Å². The third-order valence-corrected chi connectivity index (χ3v) is 3.41. The lowest BCUT2D eigenvalue weighted by molar-refractivity contribution is -0.730. The van der Waals surface area contributed by atoms with Crippen LogP contribution in [0.4, 0.5) is 5.69 Å². The maximum absolute atomic E-state index is 11.9. The number of nitrogens with one attached hydrogen (secondary N) is 1. The van der Waals surface area contributed by atoms with E-state index >= 15 is 0 Å². The molecule has 0 fully saturated rings. The minimum atomic E-state index is -0.522. The van der Waals surface area contributed by atoms with E-state index in [1.807, 2.05) is 30.3 Å². The lowest BCUT2D eigenvalue weighted by Crippen LogP contribution is -2.24. The van der Waals surface area contributed by atoms with Gasteiger partial charge in [-0.2, -0.15) is 9.90 Å². The fraction of sp³-hybridized carbons (Fsp3) is 0.0625. The number of hydrogen-bond donors (Lipinski definition) is 3. The molecular formula is C16H14N7O4+. The molecule has 3 aromatic rings. The number of rotatable bonds is 6. The van der Waals surface area contributed by atoms with E-state index in [0.29, 0.717) is 5.82 Å². The van der Waals surface area contributed by atoms with Gasteiger partial charge in [-0.15, -0.1) is 10.2 Å². The van der Waals surface area contributed by atoms with E-state index in [4.69, 9.17) is 5.21 Å². The monoisotopic (exact) mass is 368 g/mol. The van der Waals surface area contributed by atoms with Gasteiger partial charge in [-0.1, -0.05) is 36.4 Å². The zero-order valence-corrected chi connectivity index (χ0v) is 13.8. The summed E-state index contributed by atoms with van der Waals surface area (Å²) in [6, 6.07) is 13.3. The molecule has 136 valence electrons. The van der Waals surface area contributed by atoms with Gasteiger partial charge in [-0.3, -0.25) is 4.79 Å². The molecule has 1 amide bonds. The van der Waals surface area contributed by atoms with E-state index in [9.17, 15) is 14.8 Å². The lowest BCUT2D eigenvalue weighted by Gasteiger charge is -1.99. The first-order valence-corrected chi connectivity index (χ1v) is 7.68. The van der Waals surface area contributed by atoms with Crippen molar-refractivity contribution in [2.45, 2.75) is 6.54 Å². The van der Waals surface area contributed by atoms with Crippen molar-refractivity contribution in [1.29, 1.82) is 0 Å². The SMILES string of the molecule is O=C(Cn1nnc(-c2ccccc2)n1)N/N=C/c1cccc([N+](=O)O)c1O. The largest absolute Gasteiger partial charge is 0.502 e. The van der Waals surface area contributed by atoms with E-state index in [2.05, 4.69) is 25.9 Å². The molecule has 2 aromatic carbocycles. The van der Waals surface area contributed by atoms with Crippen molar-refractivity contribution >= 4 is 17.8 Å². The molecule has 3 rings (SSSR count). The quantitative estimate of drug-likeness (QED) is 0.434. The number of tetrazole rings is 1. The second-order valence-electron chi connectivity index (χ2n) is 5.29. The fourth-order valence-corrected chi connectivity index (χ4v) is 2.16. The third-order valence-electron chi connectivity index (χ3n) is 3.41. The second kappa shape index (κ2) is 7.82. The maximum Gasteiger partial charge on any atom is 0.358 e. The molecule has 11 heteroatoms. The number of carbonyl (C=O) groups is 1. The summed E-state index contributed by atoms with van der Waals surface area (Å²) in [6.45, 7) is -0.214. The van der Waals surface area contributed by atoms with Gasteiger partial charge in [-0.25, -0.2) is 10.6 Å². The molecule has 0 unspecified atom stereocenters. The molecule has 27 heavy (non-hydrogen) atoms. The lowest BCUT2D eigenvalue weighted by atomic mass is 10.2. The molecule has 1 aromatic heterocycles. The van der Waals surface area contributed by atoms with Crippen molar-refractivity contribution in [2.24, 2.45) is 5.10 Å². The Hall–Kier alpha value is -4.15. The zero-order valence-electron chi connectivity index (χ0n) is 13.8. The maximum atomic E-state index is 11.9. The summed E-state index contributed by atoms with van der Waals surface area (Å²) in [5.74, 6) is -0.607. The van der Waals surface area contributed by atoms with Crippen LogP contribution in [0.15, 0.2) is 53.6 Å². The molecule has 0 bridgehead atoms. The molecule has 0 spiro atoms. The Bertz CT molecular complexity index is 1000. The van der Waals surface area contributed by atoms with Crippen LogP contribution in [-0.2, 0) is 11.3 Å². The van der Waals surface area contributed by atoms with Crippen molar-refractivity contribution in [3.63, 3.8) is 0 Å². The zero-order chi connectivity index (χ0) is 19.2. The highest BCUT2D eigenvalue weighted by atomic mass is 16.6. The number of aromatic hydroxyl groups is 1. The van der Waals surface area contributed by atoms with E-state index in [0.717, 1.165) is 16.6 Å². The number of hydrazone groups is 1. The fourth-order valence-electron chi connectivity index (χ4n) is 2.16. The predicted octanol–water partition coefficient (Wildman–Crippen LogP) is 0.996. The number of benzene rings is 2. The molecule has 0 atom stereocenters. The number of aromatic nitrogens is 4. The van der Waals surface area contributed by atoms with Crippen molar-refractivity contribution < 1.29 is 20.0 Å². The smallest absolute Gasteiger partial charge is 0.358 e. The summed E-state index contributed by atoms with van der Waals surface area (Å²) >= 11 is 0. The number of phenolic OH excluding ortho intramolecular Hbond substituents is 1. The van der Waals surface area contributed by atoms with Crippen molar-refractivity contribution in [3.05, 3.63) is 59.0 Å². The summed E-state index contributed by atoms with van der Waals surface area (Å²) < 4.78 is 0. The summed E-state index contributed by atoms with van der Waals surface area (Å²) in [6.07, 6.45) is 1.13. The number of para-hydroxylation sites is 1. The number of phenols is 1. The van der Waals surface area contributed by atoms with Gasteiger partial charge in [0.2, 0.25) is 11.6 Å². The van der Waals surface area contributed by atoms with Crippen LogP contribution in [0.3, 0.4) is 0 Å². The molecule has 0 aliphatic carbocycles. The van der Waals surface area contributed by atoms with Gasteiger partial charge >= 0.3 is 5.69 Å². The highest BCUT2D eigenvalue weighted by Gasteiger charge is 2.20. The van der Waals surface area contributed by atoms with Crippen LogP contribution in [0.5, 0.6) is 5.75 Å². The molecule has 0 aliphatic rings. The number of amides is 1. The third kappa shape index (κ3) is 4.28. The number of nitrogens with zero attached hydrogens (tertiary/aromatic N) is 6. The minimum absolute atomic E-state index is 0.132. The van der Waals surface area contributed by atoms with Gasteiger partial charge < -0.3 is 5.11 Å². The van der Waals surface area contributed by atoms with Gasteiger partial charge in [0, 0.05) is 17.2 Å². The average Bonchev–Trinajstić information content (AvgIpc) is 3.12. The van der Waals surface area contributed by atoms with E-state index in [-0.39, 0.29) is 17.8 Å². The Labute approximate surface area is 152 Å². The van der Waals surface area contributed by atoms with Gasteiger partial charge in [0.05, 0.1) is 11.1 Å². The first kappa shape index (κ1) is 17.7. The second-order valence-corrected chi connectivity index (χ2v) is 5.29. The molecule has 1 heterocycles. The highest BCUT2D eigenvalue weighted by Crippen LogP contribution is 2.27. The Kier molecular flexibility index (Phi) is 5.12. The highest BCUT2D eigenvalue weighted by molar-refractivity contribution is 5.86. The van der Waals surface area contributed by atoms with Gasteiger partial charge in [0.15, 0.2) is 0 Å². The first-order chi connectivity index (χ1) is 13.0. The molecule has 0 saturated heterocycles. The van der Waals surface area contributed by atoms with Crippen molar-refractivity contribution in [1.82, 2.24) is 25.6 Å². The van der Waals surface area contributed by atoms with E-state index in [1.54, 1.807) is 0 Å². The molecule has 3 N–H and O–H groups in total. The van der Waals surface area contributed by atoms with Crippen LogP contribution in [-0.4, -0.2) is 47.6 Å². The summed E-state index contributed by atoms with van der Waals surface area (Å²) in [4.78, 5) is 23.4. The van der Waals surface area contributed by atoms with E-state index < -0.39 is 16.6 Å². The topological polar surface area (TPSA) is 146 Å². The Morgan fingerprint density at radius 3 is 2.74 bits per heavy atom. The Morgan fingerprint density at radius 2 is 2.00 bits per heavy atom. The normalized spacial score (nSPS) is 10.8. The molecule has 0 aliphatic heterocycles. The molecule has 0 radical (unpaired) electrons. The van der Waals surface area contributed by atoms with Crippen LogP contribution >= 0.6 is 0 Å². The standard InChI is InChI=1S/C16H13N7O4/c24-14(10-22-20-16(19-21-22)11-5-2-1-3-6-11)18-17-9-12-7-4-8-13(15(12)25)23(26)27/h1-9H,10H2,(H2-,17,18,19,20,21,24,25,26,27)/p+1. The first-order valence-electron chi connectivity index (χ1n) is 7.68. The minimum Gasteiger partial charge on any atom is -0.502 e. The number of carbonyl (C=O) groups excluding carboxylic acids is 1. The van der Waals surface area contributed by atoms with Crippen LogP contribution in [0.25, 0.3) is 11.4 Å². The predicted molar refractivity (Wildman–Crippen MR) is 92.2 cm³/mol. The van der Waals surface area contributed by atoms with Crippen molar-refractivity contribution in [2.75, 3.05) is 0 Å². The van der Waals surface area contributed by atoms with Crippen LogP contribution in [0.2, 0.25) is 0 Å². The molecular weight excluding hydrogens is 354 g/mol. The van der Waals surface area contributed by atoms with Gasteiger partial charge in [0.25, 0.3) is 10.8 Å². The van der Waals surface area contributed by atoms with E-state index in [1.165, 1.54) is 18.2 Å². The summed E-state index contributed by atoms with van der Waals surface area (Å²) in [5, 5.41) is 34.2. The summed E-state index contributed by atoms with van der Waals surface area (Å²) in [5.41, 5.74) is 2.80. The summed E-state index contributed by atoms with van der Waals surface area (Å²) in [7, 11) is 0. The average molecular weight is 368 g/mol. The van der Waals surface area contributed by atoms with Crippen LogP contribution < -0.4 is 5.43 Å². The number of hydrogen-bond acceptors (Lipinski definition) is 7. The van der Waals surface area contributed by atoms with Crippen LogP contribution in [0, 0.1) is 4.91 Å².